The van der Waals surface area contributed by atoms with E-state index in [0.717, 1.165) is 10.5 Å². The van der Waals surface area contributed by atoms with E-state index in [1.807, 2.05) is 30.3 Å². The summed E-state index contributed by atoms with van der Waals surface area (Å²) in [6.45, 7) is 0. The van der Waals surface area contributed by atoms with Crippen LogP contribution in [0.5, 0.6) is 0 Å². The van der Waals surface area contributed by atoms with E-state index >= 15 is 0 Å². The summed E-state index contributed by atoms with van der Waals surface area (Å²) in [6, 6.07) is 17.8. The third kappa shape index (κ3) is 5.21. The lowest BCUT2D eigenvalue weighted by atomic mass is 10.2. The van der Waals surface area contributed by atoms with Crippen LogP contribution in [0, 0.1) is 10.1 Å². The summed E-state index contributed by atoms with van der Waals surface area (Å²) >= 11 is 3.01. The smallest absolute Gasteiger partial charge is 0.269 e. The Bertz CT molecular complexity index is 944. The van der Waals surface area contributed by atoms with Crippen LogP contribution in [0.4, 0.5) is 5.69 Å². The second-order valence-corrected chi connectivity index (χ2v) is 7.37. The average molecular weight is 385 g/mol. The van der Waals surface area contributed by atoms with Gasteiger partial charge in [-0.2, -0.15) is 0 Å². The van der Waals surface area contributed by atoms with Gasteiger partial charge in [-0.15, -0.1) is 11.8 Å². The van der Waals surface area contributed by atoms with Crippen LogP contribution < -0.4 is 5.56 Å². The molecule has 0 fully saturated rings. The predicted octanol–water partition coefficient (Wildman–Crippen LogP) is 4.26. The maximum Gasteiger partial charge on any atom is 0.269 e. The van der Waals surface area contributed by atoms with Crippen molar-refractivity contribution in [1.29, 1.82) is 0 Å². The van der Waals surface area contributed by atoms with Crippen molar-refractivity contribution in [3.05, 3.63) is 92.4 Å². The van der Waals surface area contributed by atoms with Gasteiger partial charge in [0.2, 0.25) is 0 Å². The largest absolute Gasteiger partial charge is 0.301 e. The summed E-state index contributed by atoms with van der Waals surface area (Å²) in [5, 5.41) is 11.2. The van der Waals surface area contributed by atoms with Crippen molar-refractivity contribution in [3.8, 4) is 0 Å². The quantitative estimate of drug-likeness (QED) is 0.283. The Morgan fingerprint density at radius 2 is 1.73 bits per heavy atom. The van der Waals surface area contributed by atoms with Gasteiger partial charge < -0.3 is 4.98 Å². The zero-order chi connectivity index (χ0) is 18.4. The first-order valence-electron chi connectivity index (χ1n) is 7.74. The van der Waals surface area contributed by atoms with Gasteiger partial charge in [0.1, 0.15) is 0 Å². The van der Waals surface area contributed by atoms with E-state index in [0.29, 0.717) is 22.4 Å². The van der Waals surface area contributed by atoms with Crippen molar-refractivity contribution >= 4 is 29.2 Å². The van der Waals surface area contributed by atoms with E-state index in [1.165, 1.54) is 30.0 Å². The molecule has 3 aromatic rings. The van der Waals surface area contributed by atoms with Gasteiger partial charge in [0.25, 0.3) is 11.2 Å². The molecule has 0 saturated heterocycles. The minimum Gasteiger partial charge on any atom is -0.301 e. The van der Waals surface area contributed by atoms with Crippen LogP contribution in [0.2, 0.25) is 0 Å². The van der Waals surface area contributed by atoms with Crippen molar-refractivity contribution < 1.29 is 4.92 Å². The molecule has 0 saturated carbocycles. The fourth-order valence-corrected chi connectivity index (χ4v) is 3.83. The number of nitrogens with one attached hydrogen (secondary N) is 1. The Hall–Kier alpha value is -2.58. The lowest BCUT2D eigenvalue weighted by Gasteiger charge is -2.05. The highest BCUT2D eigenvalue weighted by Gasteiger charge is 2.07. The second-order valence-electron chi connectivity index (χ2n) is 5.36. The number of aromatic nitrogens is 2. The molecule has 26 heavy (non-hydrogen) atoms. The molecule has 0 atom stereocenters. The SMILES string of the molecule is O=c1cc(CSc2ccccc2)nc(SCc2ccc([N+](=O)[O-])cc2)[nH]1. The number of thioether (sulfide) groups is 2. The first-order chi connectivity index (χ1) is 12.6. The van der Waals surface area contributed by atoms with Gasteiger partial charge in [-0.05, 0) is 17.7 Å². The monoisotopic (exact) mass is 385 g/mol. The molecule has 6 nitrogen and oxygen atoms in total. The molecule has 0 bridgehead atoms. The number of aromatic amines is 1. The van der Waals surface area contributed by atoms with Crippen LogP contribution in [-0.2, 0) is 11.5 Å². The molecule has 0 radical (unpaired) electrons. The maximum atomic E-state index is 11.9. The number of nitrogens with zero attached hydrogens (tertiary/aromatic N) is 2. The fraction of sp³-hybridized carbons (Fsp3) is 0.111. The zero-order valence-corrected chi connectivity index (χ0v) is 15.3. The summed E-state index contributed by atoms with van der Waals surface area (Å²) in [6.07, 6.45) is 0. The summed E-state index contributed by atoms with van der Waals surface area (Å²) in [5.41, 5.74) is 1.51. The number of rotatable bonds is 7. The van der Waals surface area contributed by atoms with Crippen LogP contribution in [0.1, 0.15) is 11.3 Å². The number of hydrogen-bond acceptors (Lipinski definition) is 6. The van der Waals surface area contributed by atoms with E-state index < -0.39 is 4.92 Å². The first kappa shape index (κ1) is 18.2. The molecular formula is C18H15N3O3S2. The van der Waals surface area contributed by atoms with Gasteiger partial charge in [-0.3, -0.25) is 14.9 Å². The fourth-order valence-electron chi connectivity index (χ4n) is 2.17. The Morgan fingerprint density at radius 3 is 2.42 bits per heavy atom. The lowest BCUT2D eigenvalue weighted by molar-refractivity contribution is -0.384. The molecule has 1 N–H and O–H groups in total. The van der Waals surface area contributed by atoms with Crippen molar-refractivity contribution in [2.24, 2.45) is 0 Å². The zero-order valence-electron chi connectivity index (χ0n) is 13.6. The molecule has 0 aliphatic heterocycles. The molecule has 132 valence electrons. The van der Waals surface area contributed by atoms with Crippen LogP contribution >= 0.6 is 23.5 Å². The molecule has 0 aliphatic carbocycles. The third-order valence-electron chi connectivity index (χ3n) is 3.43. The molecular weight excluding hydrogens is 370 g/mol. The minimum atomic E-state index is -0.427. The molecule has 0 aliphatic rings. The molecule has 8 heteroatoms. The molecule has 1 heterocycles. The third-order valence-corrected chi connectivity index (χ3v) is 5.42. The molecule has 0 unspecified atom stereocenters. The number of benzene rings is 2. The normalized spacial score (nSPS) is 10.6. The van der Waals surface area contributed by atoms with Gasteiger partial charge in [-0.1, -0.05) is 42.1 Å². The van der Waals surface area contributed by atoms with Crippen LogP contribution in [-0.4, -0.2) is 14.9 Å². The van der Waals surface area contributed by atoms with E-state index in [4.69, 9.17) is 0 Å². The lowest BCUT2D eigenvalue weighted by Crippen LogP contribution is -2.09. The van der Waals surface area contributed by atoms with Gasteiger partial charge in [-0.25, -0.2) is 4.98 Å². The predicted molar refractivity (Wildman–Crippen MR) is 104 cm³/mol. The van der Waals surface area contributed by atoms with E-state index in [9.17, 15) is 14.9 Å². The second kappa shape index (κ2) is 8.68. The van der Waals surface area contributed by atoms with Crippen LogP contribution in [0.3, 0.4) is 0 Å². The van der Waals surface area contributed by atoms with E-state index in [-0.39, 0.29) is 11.2 Å². The maximum absolute atomic E-state index is 11.9. The van der Waals surface area contributed by atoms with Crippen LogP contribution in [0.15, 0.2) is 75.5 Å². The number of non-ortho nitro benzene ring substituents is 1. The van der Waals surface area contributed by atoms with Gasteiger partial charge in [0, 0.05) is 34.6 Å². The first-order valence-corrected chi connectivity index (χ1v) is 9.71. The summed E-state index contributed by atoms with van der Waals surface area (Å²) < 4.78 is 0. The average Bonchev–Trinajstić information content (AvgIpc) is 2.65. The standard InChI is InChI=1S/C18H15N3O3S2/c22-17-10-14(12-25-16-4-2-1-3-5-16)19-18(20-17)26-11-13-6-8-15(9-7-13)21(23)24/h1-10H,11-12H2,(H,19,20,22). The van der Waals surface area contributed by atoms with E-state index in [2.05, 4.69) is 9.97 Å². The van der Waals surface area contributed by atoms with Crippen LogP contribution in [0.25, 0.3) is 0 Å². The Labute approximate surface area is 158 Å². The van der Waals surface area contributed by atoms with Crippen molar-refractivity contribution in [2.75, 3.05) is 0 Å². The molecule has 1 aromatic heterocycles. The number of nitro benzene ring substituents is 1. The highest BCUT2D eigenvalue weighted by atomic mass is 32.2. The Balaban J connectivity index is 1.63. The molecule has 0 amide bonds. The van der Waals surface area contributed by atoms with Crippen molar-refractivity contribution in [2.45, 2.75) is 21.6 Å². The summed E-state index contributed by atoms with van der Waals surface area (Å²) in [5.74, 6) is 1.18. The van der Waals surface area contributed by atoms with E-state index in [1.54, 1.807) is 23.9 Å². The van der Waals surface area contributed by atoms with Gasteiger partial charge in [0.15, 0.2) is 5.16 Å². The Kier molecular flexibility index (Phi) is 6.08. The summed E-state index contributed by atoms with van der Waals surface area (Å²) in [4.78, 5) is 30.4. The number of nitro groups is 1. The van der Waals surface area contributed by atoms with Crippen molar-refractivity contribution in [1.82, 2.24) is 9.97 Å². The topological polar surface area (TPSA) is 88.9 Å². The van der Waals surface area contributed by atoms with Gasteiger partial charge >= 0.3 is 0 Å². The minimum absolute atomic E-state index is 0.0604. The molecule has 0 spiro atoms. The summed E-state index contributed by atoms with van der Waals surface area (Å²) in [7, 11) is 0. The number of H-pyrrole nitrogens is 1. The highest BCUT2D eigenvalue weighted by Crippen LogP contribution is 2.23. The number of hydrogen-bond donors (Lipinski definition) is 1. The highest BCUT2D eigenvalue weighted by molar-refractivity contribution is 7.98. The van der Waals surface area contributed by atoms with Crippen molar-refractivity contribution in [3.63, 3.8) is 0 Å². The molecule has 3 rings (SSSR count). The Morgan fingerprint density at radius 1 is 1.00 bits per heavy atom. The van der Waals surface area contributed by atoms with Gasteiger partial charge in [0.05, 0.1) is 10.6 Å². The molecule has 2 aromatic carbocycles.